The molecule has 3 aromatic carbocycles. The minimum atomic E-state index is -3.96. The van der Waals surface area contributed by atoms with E-state index < -0.39 is 22.5 Å². The summed E-state index contributed by atoms with van der Waals surface area (Å²) in [5.41, 5.74) is 1.97. The first-order valence-electron chi connectivity index (χ1n) is 9.74. The topological polar surface area (TPSA) is 93.7 Å². The summed E-state index contributed by atoms with van der Waals surface area (Å²) in [6.45, 7) is 0.348. The Labute approximate surface area is 190 Å². The third-order valence-corrected chi connectivity index (χ3v) is 6.15. The normalized spacial score (nSPS) is 11.2. The molecule has 3 aromatic rings. The van der Waals surface area contributed by atoms with Crippen molar-refractivity contribution in [3.8, 4) is 11.5 Å². The van der Waals surface area contributed by atoms with Crippen LogP contribution in [0.3, 0.4) is 0 Å². The fourth-order valence-corrected chi connectivity index (χ4v) is 4.20. The van der Waals surface area contributed by atoms with E-state index in [1.54, 1.807) is 38.1 Å². The molecular weight excluding hydrogens is 454 g/mol. The number of ether oxygens (including phenoxy) is 2. The Hall–Kier alpha value is -3.66. The first-order chi connectivity index (χ1) is 15.6. The molecule has 0 saturated carbocycles. The number of alkyl halides is 2. The maximum atomic E-state index is 12.9. The van der Waals surface area contributed by atoms with Crippen molar-refractivity contribution in [3.05, 3.63) is 77.4 Å². The van der Waals surface area contributed by atoms with Gasteiger partial charge in [0.15, 0.2) is 11.5 Å². The molecule has 10 heteroatoms. The molecule has 0 aliphatic carbocycles. The molecule has 174 valence electrons. The number of benzene rings is 3. The van der Waals surface area contributed by atoms with Crippen LogP contribution in [-0.4, -0.2) is 28.0 Å². The number of hydrogen-bond acceptors (Lipinski definition) is 5. The summed E-state index contributed by atoms with van der Waals surface area (Å²) in [4.78, 5) is 12.8. The van der Waals surface area contributed by atoms with E-state index in [9.17, 15) is 22.0 Å². The number of rotatable bonds is 8. The number of para-hydroxylation sites is 1. The van der Waals surface area contributed by atoms with Gasteiger partial charge in [-0.15, -0.1) is 0 Å². The van der Waals surface area contributed by atoms with Crippen molar-refractivity contribution in [2.45, 2.75) is 25.4 Å². The Morgan fingerprint density at radius 2 is 1.67 bits per heavy atom. The highest BCUT2D eigenvalue weighted by molar-refractivity contribution is 7.92. The minimum Gasteiger partial charge on any atom is -0.493 e. The standard InChI is InChI=1S/C23H22F2N2O5S/c1-14-8-10-17(33(29,30)27-19-7-5-4-6-15(19)2)13-18(14)22(28)26-16-9-11-20(31-3)21(12-16)32-23(24)25/h4-13,23,27H,1-3H3,(H,26,28). The summed E-state index contributed by atoms with van der Waals surface area (Å²) in [6.07, 6.45) is 0. The first-order valence-corrected chi connectivity index (χ1v) is 11.2. The van der Waals surface area contributed by atoms with Crippen LogP contribution in [0.4, 0.5) is 20.2 Å². The molecule has 0 bridgehead atoms. The SMILES string of the molecule is COc1ccc(NC(=O)c2cc(S(=O)(=O)Nc3ccccc3C)ccc2C)cc1OC(F)F. The molecule has 3 rings (SSSR count). The molecule has 0 fully saturated rings. The average molecular weight is 477 g/mol. The van der Waals surface area contributed by atoms with Gasteiger partial charge in [-0.1, -0.05) is 24.3 Å². The highest BCUT2D eigenvalue weighted by atomic mass is 32.2. The molecule has 33 heavy (non-hydrogen) atoms. The number of hydrogen-bond donors (Lipinski definition) is 2. The van der Waals surface area contributed by atoms with Gasteiger partial charge in [-0.05, 0) is 55.3 Å². The zero-order valence-corrected chi connectivity index (χ0v) is 18.9. The molecule has 0 aliphatic rings. The number of amides is 1. The van der Waals surface area contributed by atoms with Crippen molar-refractivity contribution in [1.82, 2.24) is 0 Å². The largest absolute Gasteiger partial charge is 0.493 e. The van der Waals surface area contributed by atoms with E-state index in [1.165, 1.54) is 43.5 Å². The summed E-state index contributed by atoms with van der Waals surface area (Å²) in [7, 11) is -2.66. The van der Waals surface area contributed by atoms with Gasteiger partial charge in [-0.3, -0.25) is 9.52 Å². The van der Waals surface area contributed by atoms with Crippen LogP contribution in [0.25, 0.3) is 0 Å². The van der Waals surface area contributed by atoms with Crippen molar-refractivity contribution in [1.29, 1.82) is 0 Å². The second-order valence-electron chi connectivity index (χ2n) is 7.10. The quantitative estimate of drug-likeness (QED) is 0.479. The summed E-state index contributed by atoms with van der Waals surface area (Å²) >= 11 is 0. The highest BCUT2D eigenvalue weighted by Crippen LogP contribution is 2.32. The van der Waals surface area contributed by atoms with Crippen LogP contribution in [0.1, 0.15) is 21.5 Å². The number of halogens is 2. The number of nitrogens with one attached hydrogen (secondary N) is 2. The highest BCUT2D eigenvalue weighted by Gasteiger charge is 2.20. The van der Waals surface area contributed by atoms with E-state index in [1.807, 2.05) is 0 Å². The van der Waals surface area contributed by atoms with Crippen LogP contribution in [-0.2, 0) is 10.0 Å². The Balaban J connectivity index is 1.88. The monoisotopic (exact) mass is 476 g/mol. The van der Waals surface area contributed by atoms with E-state index >= 15 is 0 Å². The molecule has 0 atom stereocenters. The Morgan fingerprint density at radius 3 is 2.33 bits per heavy atom. The fourth-order valence-electron chi connectivity index (χ4n) is 3.04. The lowest BCUT2D eigenvalue weighted by Crippen LogP contribution is -2.17. The fraction of sp³-hybridized carbons (Fsp3) is 0.174. The lowest BCUT2D eigenvalue weighted by molar-refractivity contribution is -0.0511. The number of aryl methyl sites for hydroxylation is 2. The van der Waals surface area contributed by atoms with E-state index in [4.69, 9.17) is 4.74 Å². The van der Waals surface area contributed by atoms with E-state index in [-0.39, 0.29) is 27.6 Å². The average Bonchev–Trinajstić information content (AvgIpc) is 2.75. The number of methoxy groups -OCH3 is 1. The second-order valence-corrected chi connectivity index (χ2v) is 8.78. The lowest BCUT2D eigenvalue weighted by Gasteiger charge is -2.14. The summed E-state index contributed by atoms with van der Waals surface area (Å²) in [5, 5.41) is 2.57. The van der Waals surface area contributed by atoms with Gasteiger partial charge in [-0.25, -0.2) is 8.42 Å². The Morgan fingerprint density at radius 1 is 0.939 bits per heavy atom. The molecule has 0 aromatic heterocycles. The van der Waals surface area contributed by atoms with Gasteiger partial charge in [0.25, 0.3) is 15.9 Å². The summed E-state index contributed by atoms with van der Waals surface area (Å²) in [5.74, 6) is -0.797. The van der Waals surface area contributed by atoms with Crippen LogP contribution >= 0.6 is 0 Å². The Kier molecular flexibility index (Phi) is 7.17. The van der Waals surface area contributed by atoms with E-state index in [0.29, 0.717) is 11.3 Å². The van der Waals surface area contributed by atoms with Gasteiger partial charge >= 0.3 is 6.61 Å². The number of anilines is 2. The Bertz CT molecular complexity index is 1280. The van der Waals surface area contributed by atoms with E-state index in [0.717, 1.165) is 5.56 Å². The molecule has 1 amide bonds. The number of carbonyl (C=O) groups is 1. The maximum Gasteiger partial charge on any atom is 0.387 e. The predicted octanol–water partition coefficient (Wildman–Crippen LogP) is 4.97. The van der Waals surface area contributed by atoms with Crippen molar-refractivity contribution in [3.63, 3.8) is 0 Å². The van der Waals surface area contributed by atoms with Gasteiger partial charge in [0, 0.05) is 17.3 Å². The zero-order chi connectivity index (χ0) is 24.2. The van der Waals surface area contributed by atoms with Crippen molar-refractivity contribution >= 4 is 27.3 Å². The summed E-state index contributed by atoms with van der Waals surface area (Å²) < 4.78 is 63.0. The molecular formula is C23H22F2N2O5S. The predicted molar refractivity (Wildman–Crippen MR) is 121 cm³/mol. The number of sulfonamides is 1. The summed E-state index contributed by atoms with van der Waals surface area (Å²) in [6, 6.07) is 15.1. The van der Waals surface area contributed by atoms with Gasteiger partial charge < -0.3 is 14.8 Å². The zero-order valence-electron chi connectivity index (χ0n) is 18.1. The lowest BCUT2D eigenvalue weighted by atomic mass is 10.1. The van der Waals surface area contributed by atoms with Crippen LogP contribution in [0.5, 0.6) is 11.5 Å². The third-order valence-electron chi connectivity index (χ3n) is 4.79. The molecule has 2 N–H and O–H groups in total. The van der Waals surface area contributed by atoms with Crippen LogP contribution in [0.2, 0.25) is 0 Å². The minimum absolute atomic E-state index is 0.0693. The van der Waals surface area contributed by atoms with Crippen molar-refractivity contribution in [2.24, 2.45) is 0 Å². The molecule has 0 radical (unpaired) electrons. The smallest absolute Gasteiger partial charge is 0.387 e. The van der Waals surface area contributed by atoms with Gasteiger partial charge in [-0.2, -0.15) is 8.78 Å². The van der Waals surface area contributed by atoms with Crippen LogP contribution < -0.4 is 19.5 Å². The van der Waals surface area contributed by atoms with Crippen LogP contribution in [0, 0.1) is 13.8 Å². The van der Waals surface area contributed by atoms with E-state index in [2.05, 4.69) is 14.8 Å². The maximum absolute atomic E-state index is 12.9. The van der Waals surface area contributed by atoms with Gasteiger partial charge in [0.05, 0.1) is 17.7 Å². The molecule has 0 heterocycles. The van der Waals surface area contributed by atoms with Crippen molar-refractivity contribution < 1.29 is 31.5 Å². The molecule has 0 unspecified atom stereocenters. The molecule has 0 aliphatic heterocycles. The van der Waals surface area contributed by atoms with Gasteiger partial charge in [0.1, 0.15) is 0 Å². The second kappa shape index (κ2) is 9.86. The number of carbonyl (C=O) groups excluding carboxylic acids is 1. The molecule has 0 spiro atoms. The van der Waals surface area contributed by atoms with Crippen LogP contribution in [0.15, 0.2) is 65.6 Å². The van der Waals surface area contributed by atoms with Crippen molar-refractivity contribution in [2.75, 3.05) is 17.1 Å². The van der Waals surface area contributed by atoms with Gasteiger partial charge in [0.2, 0.25) is 0 Å². The molecule has 0 saturated heterocycles. The third kappa shape index (κ3) is 5.78. The first kappa shape index (κ1) is 24.0. The molecule has 7 nitrogen and oxygen atoms in total.